The number of halogens is 1. The van der Waals surface area contributed by atoms with E-state index in [1.165, 1.54) is 30.4 Å². The third kappa shape index (κ3) is 3.91. The van der Waals surface area contributed by atoms with Crippen LogP contribution >= 0.6 is 11.3 Å². The molecular weight excluding hydrogens is 353 g/mol. The van der Waals surface area contributed by atoms with Gasteiger partial charge in [-0.05, 0) is 62.1 Å². The number of rotatable bonds is 4. The predicted octanol–water partition coefficient (Wildman–Crippen LogP) is 4.84. The molecule has 26 heavy (non-hydrogen) atoms. The van der Waals surface area contributed by atoms with Crippen molar-refractivity contribution in [3.8, 4) is 0 Å². The van der Waals surface area contributed by atoms with Crippen LogP contribution in [0.2, 0.25) is 0 Å². The van der Waals surface area contributed by atoms with Gasteiger partial charge in [0.05, 0.1) is 0 Å². The van der Waals surface area contributed by atoms with Gasteiger partial charge in [-0.3, -0.25) is 4.79 Å². The standard InChI is InChI=1S/C20H18FNO3S/c1-11-4-6-16(12(2)8-11)22-19(23)13(3)25-20(24)18-10-14-9-15(21)5-7-17(14)26-18/h4-10,13H,1-3H3,(H,22,23)/t13-/m0/s1. The molecular formula is C20H18FNO3S. The van der Waals surface area contributed by atoms with Crippen LogP contribution in [0.5, 0.6) is 0 Å². The molecule has 0 fully saturated rings. The van der Waals surface area contributed by atoms with E-state index in [1.807, 2.05) is 32.0 Å². The zero-order valence-corrected chi connectivity index (χ0v) is 15.4. The van der Waals surface area contributed by atoms with Gasteiger partial charge in [0, 0.05) is 10.4 Å². The van der Waals surface area contributed by atoms with Crippen molar-refractivity contribution in [1.82, 2.24) is 0 Å². The number of anilines is 1. The quantitative estimate of drug-likeness (QED) is 0.668. The summed E-state index contributed by atoms with van der Waals surface area (Å²) < 4.78 is 19.3. The number of hydrogen-bond acceptors (Lipinski definition) is 4. The Hall–Kier alpha value is -2.73. The molecule has 3 rings (SSSR count). The number of aryl methyl sites for hydroxylation is 2. The van der Waals surface area contributed by atoms with E-state index in [0.29, 0.717) is 16.0 Å². The van der Waals surface area contributed by atoms with E-state index in [1.54, 1.807) is 12.1 Å². The average Bonchev–Trinajstić information content (AvgIpc) is 3.00. The predicted molar refractivity (Wildman–Crippen MR) is 101 cm³/mol. The monoisotopic (exact) mass is 371 g/mol. The van der Waals surface area contributed by atoms with Crippen LogP contribution in [0.25, 0.3) is 10.1 Å². The average molecular weight is 371 g/mol. The molecule has 0 aliphatic heterocycles. The molecule has 4 nitrogen and oxygen atoms in total. The first-order valence-corrected chi connectivity index (χ1v) is 8.93. The summed E-state index contributed by atoms with van der Waals surface area (Å²) in [6.07, 6.45) is -0.954. The van der Waals surface area contributed by atoms with Crippen LogP contribution in [-0.2, 0) is 9.53 Å². The van der Waals surface area contributed by atoms with Crippen LogP contribution in [0.3, 0.4) is 0 Å². The van der Waals surface area contributed by atoms with Gasteiger partial charge in [-0.1, -0.05) is 17.7 Å². The van der Waals surface area contributed by atoms with Crippen LogP contribution < -0.4 is 5.32 Å². The molecule has 0 unspecified atom stereocenters. The lowest BCUT2D eigenvalue weighted by atomic mass is 10.1. The van der Waals surface area contributed by atoms with Crippen LogP contribution in [0.15, 0.2) is 42.5 Å². The fraction of sp³-hybridized carbons (Fsp3) is 0.200. The van der Waals surface area contributed by atoms with E-state index in [2.05, 4.69) is 5.32 Å². The van der Waals surface area contributed by atoms with E-state index in [-0.39, 0.29) is 5.82 Å². The van der Waals surface area contributed by atoms with Crippen LogP contribution in [0, 0.1) is 19.7 Å². The Morgan fingerprint density at radius 3 is 2.62 bits per heavy atom. The first-order chi connectivity index (χ1) is 12.3. The Morgan fingerprint density at radius 1 is 1.12 bits per heavy atom. The molecule has 3 aromatic rings. The second-order valence-corrected chi connectivity index (χ2v) is 7.23. The highest BCUT2D eigenvalue weighted by Crippen LogP contribution is 2.27. The molecule has 0 aliphatic rings. The second kappa shape index (κ2) is 7.25. The Morgan fingerprint density at radius 2 is 1.88 bits per heavy atom. The molecule has 0 aliphatic carbocycles. The summed E-state index contributed by atoms with van der Waals surface area (Å²) in [5.74, 6) is -1.37. The largest absolute Gasteiger partial charge is 0.448 e. The minimum Gasteiger partial charge on any atom is -0.448 e. The molecule has 2 aromatic carbocycles. The Kier molecular flexibility index (Phi) is 5.04. The van der Waals surface area contributed by atoms with Gasteiger partial charge in [0.2, 0.25) is 0 Å². The smallest absolute Gasteiger partial charge is 0.349 e. The van der Waals surface area contributed by atoms with Crippen molar-refractivity contribution in [3.05, 3.63) is 64.3 Å². The lowest BCUT2D eigenvalue weighted by Gasteiger charge is -2.14. The first-order valence-electron chi connectivity index (χ1n) is 8.11. The summed E-state index contributed by atoms with van der Waals surface area (Å²) >= 11 is 1.20. The van der Waals surface area contributed by atoms with Crippen molar-refractivity contribution in [3.63, 3.8) is 0 Å². The van der Waals surface area contributed by atoms with E-state index < -0.39 is 18.0 Å². The number of benzene rings is 2. The summed E-state index contributed by atoms with van der Waals surface area (Å²) in [5.41, 5.74) is 2.71. The van der Waals surface area contributed by atoms with Gasteiger partial charge >= 0.3 is 5.97 Å². The highest BCUT2D eigenvalue weighted by molar-refractivity contribution is 7.20. The molecule has 1 amide bonds. The number of thiophene rings is 1. The van der Waals surface area contributed by atoms with Gasteiger partial charge < -0.3 is 10.1 Å². The highest BCUT2D eigenvalue weighted by Gasteiger charge is 2.21. The molecule has 1 aromatic heterocycles. The maximum absolute atomic E-state index is 13.3. The lowest BCUT2D eigenvalue weighted by molar-refractivity contribution is -0.123. The number of fused-ring (bicyclic) bond motifs is 1. The summed E-state index contributed by atoms with van der Waals surface area (Å²) in [5, 5.41) is 3.40. The fourth-order valence-electron chi connectivity index (χ4n) is 2.58. The molecule has 1 atom stereocenters. The van der Waals surface area contributed by atoms with Crippen molar-refractivity contribution in [2.45, 2.75) is 26.9 Å². The minimum absolute atomic E-state index is 0.330. The number of ether oxygens (including phenoxy) is 1. The minimum atomic E-state index is -0.954. The summed E-state index contributed by atoms with van der Waals surface area (Å²) in [4.78, 5) is 24.9. The van der Waals surface area contributed by atoms with E-state index in [0.717, 1.165) is 15.8 Å². The van der Waals surface area contributed by atoms with Crippen molar-refractivity contribution in [1.29, 1.82) is 0 Å². The molecule has 0 radical (unpaired) electrons. The van der Waals surface area contributed by atoms with Crippen LogP contribution in [0.4, 0.5) is 10.1 Å². The maximum Gasteiger partial charge on any atom is 0.349 e. The Labute approximate surface area is 154 Å². The molecule has 0 spiro atoms. The molecule has 1 N–H and O–H groups in total. The summed E-state index contributed by atoms with van der Waals surface area (Å²) in [7, 11) is 0. The van der Waals surface area contributed by atoms with E-state index in [9.17, 15) is 14.0 Å². The molecule has 6 heteroatoms. The Bertz CT molecular complexity index is 996. The normalized spacial score (nSPS) is 12.0. The molecule has 0 bridgehead atoms. The van der Waals surface area contributed by atoms with Crippen molar-refractivity contribution in [2.24, 2.45) is 0 Å². The molecule has 134 valence electrons. The van der Waals surface area contributed by atoms with Gasteiger partial charge in [-0.25, -0.2) is 9.18 Å². The third-order valence-corrected chi connectivity index (χ3v) is 5.07. The molecule has 1 heterocycles. The fourth-order valence-corrected chi connectivity index (χ4v) is 3.50. The van der Waals surface area contributed by atoms with Gasteiger partial charge in [0.1, 0.15) is 10.7 Å². The van der Waals surface area contributed by atoms with Crippen molar-refractivity contribution < 1.29 is 18.7 Å². The zero-order chi connectivity index (χ0) is 18.8. The Balaban J connectivity index is 1.68. The molecule has 0 saturated heterocycles. The van der Waals surface area contributed by atoms with E-state index in [4.69, 9.17) is 4.74 Å². The highest BCUT2D eigenvalue weighted by atomic mass is 32.1. The first kappa shape index (κ1) is 18.1. The number of carbonyl (C=O) groups is 2. The maximum atomic E-state index is 13.3. The van der Waals surface area contributed by atoms with Crippen LogP contribution in [-0.4, -0.2) is 18.0 Å². The second-order valence-electron chi connectivity index (χ2n) is 6.15. The SMILES string of the molecule is Cc1ccc(NC(=O)[C@H](C)OC(=O)c2cc3cc(F)ccc3s2)c(C)c1. The molecule has 0 saturated carbocycles. The lowest BCUT2D eigenvalue weighted by Crippen LogP contribution is -2.30. The van der Waals surface area contributed by atoms with Crippen molar-refractivity contribution in [2.75, 3.05) is 5.32 Å². The topological polar surface area (TPSA) is 55.4 Å². The van der Waals surface area contributed by atoms with Gasteiger partial charge in [0.25, 0.3) is 5.91 Å². The number of amides is 1. The summed E-state index contributed by atoms with van der Waals surface area (Å²) in [6, 6.07) is 11.6. The van der Waals surface area contributed by atoms with Crippen molar-refractivity contribution >= 4 is 39.0 Å². The number of esters is 1. The zero-order valence-electron chi connectivity index (χ0n) is 14.6. The van der Waals surface area contributed by atoms with Gasteiger partial charge in [-0.2, -0.15) is 0 Å². The number of nitrogens with one attached hydrogen (secondary N) is 1. The number of carbonyl (C=O) groups excluding carboxylic acids is 2. The van der Waals surface area contributed by atoms with Crippen LogP contribution in [0.1, 0.15) is 27.7 Å². The summed E-state index contributed by atoms with van der Waals surface area (Å²) in [6.45, 7) is 5.39. The third-order valence-electron chi connectivity index (χ3n) is 3.97. The van der Waals surface area contributed by atoms with Gasteiger partial charge in [-0.15, -0.1) is 11.3 Å². The van der Waals surface area contributed by atoms with E-state index >= 15 is 0 Å². The van der Waals surface area contributed by atoms with Gasteiger partial charge in [0.15, 0.2) is 6.10 Å². The number of hydrogen-bond donors (Lipinski definition) is 1.